The van der Waals surface area contributed by atoms with Crippen LogP contribution < -0.4 is 10.5 Å². The van der Waals surface area contributed by atoms with Crippen molar-refractivity contribution >= 4 is 15.9 Å². The number of amides is 1. The maximum atomic E-state index is 12.2. The Balaban J connectivity index is 3.09. The minimum absolute atomic E-state index is 0.109. The van der Waals surface area contributed by atoms with E-state index >= 15 is 0 Å². The third kappa shape index (κ3) is 3.68. The van der Waals surface area contributed by atoms with Crippen molar-refractivity contribution in [3.63, 3.8) is 0 Å². The van der Waals surface area contributed by atoms with Gasteiger partial charge in [0.05, 0.1) is 18.0 Å². The summed E-state index contributed by atoms with van der Waals surface area (Å²) in [5.41, 5.74) is 5.71. The Morgan fingerprint density at radius 1 is 1.42 bits per heavy atom. The molecule has 0 saturated heterocycles. The number of likely N-dealkylation sites (N-methyl/N-ethyl adjacent to an activating group) is 1. The second kappa shape index (κ2) is 6.03. The fourth-order valence-electron chi connectivity index (χ4n) is 1.58. The molecule has 0 fully saturated rings. The lowest BCUT2D eigenvalue weighted by atomic mass is 10.2. The van der Waals surface area contributed by atoms with Crippen molar-refractivity contribution < 1.29 is 17.9 Å². The number of rotatable bonds is 6. The maximum Gasteiger partial charge on any atom is 0.243 e. The van der Waals surface area contributed by atoms with Gasteiger partial charge in [-0.3, -0.25) is 4.79 Å². The van der Waals surface area contributed by atoms with E-state index in [1.54, 1.807) is 13.0 Å². The molecule has 19 heavy (non-hydrogen) atoms. The molecule has 6 nitrogen and oxygen atoms in total. The maximum absolute atomic E-state index is 12.2. The number of sulfonamides is 1. The number of nitrogens with zero attached hydrogens (tertiary/aromatic N) is 1. The zero-order valence-corrected chi connectivity index (χ0v) is 12.0. The average Bonchev–Trinajstić information content (AvgIpc) is 2.31. The van der Waals surface area contributed by atoms with E-state index < -0.39 is 15.9 Å². The second-order valence-electron chi connectivity index (χ2n) is 4.09. The molecule has 0 bridgehead atoms. The topological polar surface area (TPSA) is 89.7 Å². The second-order valence-corrected chi connectivity index (χ2v) is 6.13. The van der Waals surface area contributed by atoms with Crippen LogP contribution in [0.1, 0.15) is 12.5 Å². The molecule has 1 rings (SSSR count). The van der Waals surface area contributed by atoms with Crippen LogP contribution in [0.3, 0.4) is 0 Å². The van der Waals surface area contributed by atoms with Gasteiger partial charge in [0.15, 0.2) is 0 Å². The molecule has 0 unspecified atom stereocenters. The summed E-state index contributed by atoms with van der Waals surface area (Å²) in [5.74, 6) is -0.0623. The minimum atomic E-state index is -3.71. The van der Waals surface area contributed by atoms with Gasteiger partial charge in [0, 0.05) is 7.05 Å². The van der Waals surface area contributed by atoms with Crippen molar-refractivity contribution in [3.05, 3.63) is 23.8 Å². The first-order valence-electron chi connectivity index (χ1n) is 5.77. The van der Waals surface area contributed by atoms with Crippen molar-refractivity contribution in [3.8, 4) is 5.75 Å². The Kier molecular flexibility index (Phi) is 4.90. The van der Waals surface area contributed by atoms with Crippen LogP contribution in [0.25, 0.3) is 0 Å². The largest absolute Gasteiger partial charge is 0.494 e. The van der Waals surface area contributed by atoms with Crippen LogP contribution in [0, 0.1) is 6.92 Å². The molecule has 0 radical (unpaired) electrons. The highest BCUT2D eigenvalue weighted by Crippen LogP contribution is 2.23. The van der Waals surface area contributed by atoms with Crippen molar-refractivity contribution in [2.24, 2.45) is 5.73 Å². The summed E-state index contributed by atoms with van der Waals surface area (Å²) in [4.78, 5) is 10.9. The van der Waals surface area contributed by atoms with Gasteiger partial charge in [-0.2, -0.15) is 4.31 Å². The number of aryl methyl sites for hydroxylation is 1. The van der Waals surface area contributed by atoms with Crippen LogP contribution in [0.15, 0.2) is 23.1 Å². The van der Waals surface area contributed by atoms with Crippen molar-refractivity contribution in [1.29, 1.82) is 0 Å². The molecule has 7 heteroatoms. The normalized spacial score (nSPS) is 11.6. The number of benzene rings is 1. The summed E-state index contributed by atoms with van der Waals surface area (Å²) in [6.07, 6.45) is 0. The fraction of sp³-hybridized carbons (Fsp3) is 0.417. The summed E-state index contributed by atoms with van der Waals surface area (Å²) in [7, 11) is -2.40. The Morgan fingerprint density at radius 2 is 2.05 bits per heavy atom. The van der Waals surface area contributed by atoms with Gasteiger partial charge in [-0.15, -0.1) is 0 Å². The molecule has 0 aliphatic carbocycles. The van der Waals surface area contributed by atoms with Crippen molar-refractivity contribution in [1.82, 2.24) is 4.31 Å². The molecule has 0 aliphatic heterocycles. The Bertz CT molecular complexity index is 569. The molecule has 0 aromatic heterocycles. The van der Waals surface area contributed by atoms with Crippen LogP contribution in [0.5, 0.6) is 5.75 Å². The van der Waals surface area contributed by atoms with Gasteiger partial charge in [0.1, 0.15) is 5.75 Å². The minimum Gasteiger partial charge on any atom is -0.494 e. The summed E-state index contributed by atoms with van der Waals surface area (Å²) in [6.45, 7) is 3.77. The third-order valence-electron chi connectivity index (χ3n) is 2.53. The predicted octanol–water partition coefficient (Wildman–Crippen LogP) is 0.500. The first-order valence-corrected chi connectivity index (χ1v) is 7.21. The number of carbonyl (C=O) groups is 1. The van der Waals surface area contributed by atoms with Gasteiger partial charge in [-0.05, 0) is 37.6 Å². The molecule has 0 saturated carbocycles. The van der Waals surface area contributed by atoms with E-state index in [0.29, 0.717) is 12.4 Å². The van der Waals surface area contributed by atoms with E-state index in [0.717, 1.165) is 9.87 Å². The Morgan fingerprint density at radius 3 is 2.53 bits per heavy atom. The van der Waals surface area contributed by atoms with E-state index in [1.165, 1.54) is 19.2 Å². The highest BCUT2D eigenvalue weighted by atomic mass is 32.2. The van der Waals surface area contributed by atoms with E-state index in [9.17, 15) is 13.2 Å². The van der Waals surface area contributed by atoms with Crippen LogP contribution in [0.4, 0.5) is 0 Å². The van der Waals surface area contributed by atoms with Crippen LogP contribution in [0.2, 0.25) is 0 Å². The number of hydrogen-bond donors (Lipinski definition) is 1. The number of primary amides is 1. The molecular formula is C12H18N2O4S. The lowest BCUT2D eigenvalue weighted by Crippen LogP contribution is -2.35. The molecule has 106 valence electrons. The lowest BCUT2D eigenvalue weighted by molar-refractivity contribution is -0.118. The van der Waals surface area contributed by atoms with Gasteiger partial charge in [-0.25, -0.2) is 8.42 Å². The van der Waals surface area contributed by atoms with Gasteiger partial charge in [0.2, 0.25) is 15.9 Å². The number of nitrogens with two attached hydrogens (primary N) is 1. The molecule has 1 aromatic carbocycles. The molecule has 0 atom stereocenters. The highest BCUT2D eigenvalue weighted by molar-refractivity contribution is 7.89. The van der Waals surface area contributed by atoms with Gasteiger partial charge >= 0.3 is 0 Å². The molecular weight excluding hydrogens is 268 g/mol. The molecule has 1 amide bonds. The van der Waals surface area contributed by atoms with Gasteiger partial charge in [0.25, 0.3) is 0 Å². The SMILES string of the molecule is CCOc1ccc(S(=O)(=O)N(C)CC(N)=O)cc1C. The molecule has 1 aromatic rings. The van der Waals surface area contributed by atoms with Gasteiger partial charge < -0.3 is 10.5 Å². The molecule has 0 heterocycles. The quantitative estimate of drug-likeness (QED) is 0.824. The monoisotopic (exact) mass is 286 g/mol. The molecule has 0 spiro atoms. The first kappa shape index (κ1) is 15.5. The summed E-state index contributed by atoms with van der Waals surface area (Å²) < 4.78 is 30.6. The average molecular weight is 286 g/mol. The Hall–Kier alpha value is -1.60. The fourth-order valence-corrected chi connectivity index (χ4v) is 2.81. The zero-order chi connectivity index (χ0) is 14.6. The van der Waals surface area contributed by atoms with Crippen LogP contribution in [-0.2, 0) is 14.8 Å². The Labute approximate surface area is 113 Å². The smallest absolute Gasteiger partial charge is 0.243 e. The van der Waals surface area contributed by atoms with E-state index in [-0.39, 0.29) is 11.4 Å². The predicted molar refractivity (Wildman–Crippen MR) is 71.4 cm³/mol. The van der Waals surface area contributed by atoms with E-state index in [1.807, 2.05) is 6.92 Å². The van der Waals surface area contributed by atoms with Crippen LogP contribution >= 0.6 is 0 Å². The zero-order valence-electron chi connectivity index (χ0n) is 11.2. The molecule has 0 aliphatic rings. The molecule has 2 N–H and O–H groups in total. The lowest BCUT2D eigenvalue weighted by Gasteiger charge is -2.16. The summed E-state index contributed by atoms with van der Waals surface area (Å²) in [6, 6.07) is 4.56. The number of carbonyl (C=O) groups excluding carboxylic acids is 1. The van der Waals surface area contributed by atoms with Crippen molar-refractivity contribution in [2.45, 2.75) is 18.7 Å². The highest BCUT2D eigenvalue weighted by Gasteiger charge is 2.22. The standard InChI is InChI=1S/C12H18N2O4S/c1-4-18-11-6-5-10(7-9(11)2)19(16,17)14(3)8-12(13)15/h5-7H,4,8H2,1-3H3,(H2,13,15). The summed E-state index contributed by atoms with van der Waals surface area (Å²) >= 11 is 0. The van der Waals surface area contributed by atoms with Crippen LogP contribution in [-0.4, -0.2) is 38.8 Å². The number of ether oxygens (including phenoxy) is 1. The third-order valence-corrected chi connectivity index (χ3v) is 4.33. The number of hydrogen-bond acceptors (Lipinski definition) is 4. The van der Waals surface area contributed by atoms with E-state index in [2.05, 4.69) is 0 Å². The van der Waals surface area contributed by atoms with Crippen molar-refractivity contribution in [2.75, 3.05) is 20.2 Å². The first-order chi connectivity index (χ1) is 8.78. The van der Waals surface area contributed by atoms with Gasteiger partial charge in [-0.1, -0.05) is 0 Å². The van der Waals surface area contributed by atoms with E-state index in [4.69, 9.17) is 10.5 Å². The summed E-state index contributed by atoms with van der Waals surface area (Å²) in [5, 5.41) is 0.